The zero-order chi connectivity index (χ0) is 8.67. The molecule has 3 saturated heterocycles. The third-order valence-electron chi connectivity index (χ3n) is 4.18. The molecule has 3 aliphatic rings. The average molecular weight is 180 g/mol. The minimum absolute atomic E-state index is 0.942. The molecule has 0 saturated carbocycles. The monoisotopic (exact) mass is 180 g/mol. The van der Waals surface area contributed by atoms with Gasteiger partial charge in [0.25, 0.3) is 0 Å². The first-order valence-electron chi connectivity index (χ1n) is 5.88. The van der Waals surface area contributed by atoms with Crippen LogP contribution in [0.1, 0.15) is 25.7 Å². The molecular formula is C11H20N2. The maximum atomic E-state index is 3.59. The van der Waals surface area contributed by atoms with Crippen LogP contribution in [0.25, 0.3) is 0 Å². The van der Waals surface area contributed by atoms with Crippen molar-refractivity contribution in [2.45, 2.75) is 31.7 Å². The van der Waals surface area contributed by atoms with Gasteiger partial charge < -0.3 is 5.32 Å². The Hall–Kier alpha value is -0.0800. The van der Waals surface area contributed by atoms with Crippen LogP contribution in [-0.4, -0.2) is 37.1 Å². The lowest BCUT2D eigenvalue weighted by molar-refractivity contribution is 0.0109. The molecule has 3 fully saturated rings. The van der Waals surface area contributed by atoms with Crippen molar-refractivity contribution < 1.29 is 0 Å². The van der Waals surface area contributed by atoms with Crippen LogP contribution in [0.15, 0.2) is 0 Å². The van der Waals surface area contributed by atoms with Gasteiger partial charge in [-0.25, -0.2) is 0 Å². The lowest BCUT2D eigenvalue weighted by Crippen LogP contribution is -2.58. The highest BCUT2D eigenvalue weighted by molar-refractivity contribution is 4.94. The topological polar surface area (TPSA) is 15.3 Å². The molecule has 0 aromatic heterocycles. The highest BCUT2D eigenvalue weighted by atomic mass is 15.2. The molecule has 3 heterocycles. The molecule has 2 heteroatoms. The lowest BCUT2D eigenvalue weighted by Gasteiger charge is -2.50. The standard InChI is InChI=1S/C11H20N2/c1-2-4-13-8-9-5-10(7-12-6-9)11(13)3-1/h9-12H,1-8H2/t9-,10+,11?/m1/s1. The van der Waals surface area contributed by atoms with E-state index in [2.05, 4.69) is 10.2 Å². The Labute approximate surface area is 80.7 Å². The number of fused-ring (bicyclic) bond motifs is 4. The molecule has 0 amide bonds. The summed E-state index contributed by atoms with van der Waals surface area (Å²) in [5.74, 6) is 1.95. The van der Waals surface area contributed by atoms with Crippen molar-refractivity contribution in [1.82, 2.24) is 10.2 Å². The molecule has 0 aromatic carbocycles. The second kappa shape index (κ2) is 3.25. The summed E-state index contributed by atoms with van der Waals surface area (Å²) < 4.78 is 0. The third-order valence-corrected chi connectivity index (χ3v) is 4.18. The predicted molar refractivity (Wildman–Crippen MR) is 53.7 cm³/mol. The van der Waals surface area contributed by atoms with E-state index in [0.717, 1.165) is 17.9 Å². The number of nitrogens with one attached hydrogen (secondary N) is 1. The lowest BCUT2D eigenvalue weighted by atomic mass is 9.77. The van der Waals surface area contributed by atoms with Crippen LogP contribution in [-0.2, 0) is 0 Å². The van der Waals surface area contributed by atoms with Gasteiger partial charge >= 0.3 is 0 Å². The van der Waals surface area contributed by atoms with E-state index in [4.69, 9.17) is 0 Å². The van der Waals surface area contributed by atoms with Gasteiger partial charge in [-0.05, 0) is 50.7 Å². The zero-order valence-corrected chi connectivity index (χ0v) is 8.34. The van der Waals surface area contributed by atoms with Crippen LogP contribution >= 0.6 is 0 Å². The second-order valence-corrected chi connectivity index (χ2v) is 5.08. The molecule has 3 aliphatic heterocycles. The van der Waals surface area contributed by atoms with Gasteiger partial charge in [-0.15, -0.1) is 0 Å². The van der Waals surface area contributed by atoms with Crippen LogP contribution in [0, 0.1) is 11.8 Å². The molecule has 0 radical (unpaired) electrons. The molecule has 2 bridgehead atoms. The van der Waals surface area contributed by atoms with Crippen LogP contribution < -0.4 is 5.32 Å². The maximum Gasteiger partial charge on any atom is 0.0136 e. The van der Waals surface area contributed by atoms with Gasteiger partial charge in [0.1, 0.15) is 0 Å². The fraction of sp³-hybridized carbons (Fsp3) is 1.00. The molecule has 3 atom stereocenters. The van der Waals surface area contributed by atoms with Crippen molar-refractivity contribution in [3.05, 3.63) is 0 Å². The molecule has 0 aromatic rings. The second-order valence-electron chi connectivity index (χ2n) is 5.08. The summed E-state index contributed by atoms with van der Waals surface area (Å²) in [6.45, 7) is 5.34. The maximum absolute atomic E-state index is 3.59. The molecular weight excluding hydrogens is 160 g/mol. The summed E-state index contributed by atoms with van der Waals surface area (Å²) in [5, 5.41) is 3.59. The Kier molecular flexibility index (Phi) is 2.06. The fourth-order valence-corrected chi connectivity index (χ4v) is 3.61. The number of rotatable bonds is 0. The van der Waals surface area contributed by atoms with Gasteiger partial charge in [0.15, 0.2) is 0 Å². The van der Waals surface area contributed by atoms with Crippen LogP contribution in [0.4, 0.5) is 0 Å². The molecule has 1 unspecified atom stereocenters. The Morgan fingerprint density at radius 1 is 1.15 bits per heavy atom. The van der Waals surface area contributed by atoms with Crippen LogP contribution in [0.2, 0.25) is 0 Å². The van der Waals surface area contributed by atoms with Gasteiger partial charge in [-0.1, -0.05) is 6.42 Å². The highest BCUT2D eigenvalue weighted by Crippen LogP contribution is 2.34. The Morgan fingerprint density at radius 3 is 3.15 bits per heavy atom. The molecule has 2 nitrogen and oxygen atoms in total. The molecule has 0 aliphatic carbocycles. The quantitative estimate of drug-likeness (QED) is 0.600. The summed E-state index contributed by atoms with van der Waals surface area (Å²) >= 11 is 0. The largest absolute Gasteiger partial charge is 0.316 e. The smallest absolute Gasteiger partial charge is 0.0136 e. The van der Waals surface area contributed by atoms with E-state index in [0.29, 0.717) is 0 Å². The van der Waals surface area contributed by atoms with Crippen LogP contribution in [0.3, 0.4) is 0 Å². The van der Waals surface area contributed by atoms with Gasteiger partial charge in [0, 0.05) is 12.6 Å². The van der Waals surface area contributed by atoms with Crippen molar-refractivity contribution in [3.8, 4) is 0 Å². The molecule has 13 heavy (non-hydrogen) atoms. The normalized spacial score (nSPS) is 45.7. The van der Waals surface area contributed by atoms with Crippen molar-refractivity contribution >= 4 is 0 Å². The first-order chi connectivity index (χ1) is 6.43. The van der Waals surface area contributed by atoms with Crippen molar-refractivity contribution in [2.75, 3.05) is 26.2 Å². The van der Waals surface area contributed by atoms with Crippen LogP contribution in [0.5, 0.6) is 0 Å². The van der Waals surface area contributed by atoms with E-state index in [1.54, 1.807) is 0 Å². The predicted octanol–water partition coefficient (Wildman–Crippen LogP) is 1.08. The highest BCUT2D eigenvalue weighted by Gasteiger charge is 2.38. The van der Waals surface area contributed by atoms with E-state index in [1.165, 1.54) is 51.9 Å². The van der Waals surface area contributed by atoms with E-state index in [1.807, 2.05) is 0 Å². The van der Waals surface area contributed by atoms with E-state index >= 15 is 0 Å². The zero-order valence-electron chi connectivity index (χ0n) is 8.34. The molecule has 0 spiro atoms. The minimum Gasteiger partial charge on any atom is -0.316 e. The van der Waals surface area contributed by atoms with Gasteiger partial charge in [0.2, 0.25) is 0 Å². The van der Waals surface area contributed by atoms with E-state index < -0.39 is 0 Å². The molecule has 3 rings (SSSR count). The summed E-state index contributed by atoms with van der Waals surface area (Å²) in [4.78, 5) is 2.78. The van der Waals surface area contributed by atoms with Gasteiger partial charge in [-0.3, -0.25) is 4.90 Å². The summed E-state index contributed by atoms with van der Waals surface area (Å²) in [6, 6.07) is 0.942. The van der Waals surface area contributed by atoms with E-state index in [-0.39, 0.29) is 0 Å². The van der Waals surface area contributed by atoms with Crippen molar-refractivity contribution in [2.24, 2.45) is 11.8 Å². The molecule has 74 valence electrons. The Balaban J connectivity index is 1.77. The first-order valence-corrected chi connectivity index (χ1v) is 5.88. The summed E-state index contributed by atoms with van der Waals surface area (Å²) in [6.07, 6.45) is 5.90. The minimum atomic E-state index is 0.942. The fourth-order valence-electron chi connectivity index (χ4n) is 3.61. The van der Waals surface area contributed by atoms with E-state index in [9.17, 15) is 0 Å². The van der Waals surface area contributed by atoms with Crippen molar-refractivity contribution in [3.63, 3.8) is 0 Å². The number of hydrogen-bond donors (Lipinski definition) is 1. The Morgan fingerprint density at radius 2 is 2.15 bits per heavy atom. The number of piperidine rings is 3. The van der Waals surface area contributed by atoms with Gasteiger partial charge in [-0.2, -0.15) is 0 Å². The Bertz CT molecular complexity index is 189. The molecule has 1 N–H and O–H groups in total. The third kappa shape index (κ3) is 1.40. The van der Waals surface area contributed by atoms with Gasteiger partial charge in [0.05, 0.1) is 0 Å². The van der Waals surface area contributed by atoms with Crippen molar-refractivity contribution in [1.29, 1.82) is 0 Å². The number of nitrogens with zero attached hydrogens (tertiary/aromatic N) is 1. The average Bonchev–Trinajstić information content (AvgIpc) is 2.18. The summed E-state index contributed by atoms with van der Waals surface area (Å²) in [5.41, 5.74) is 0. The number of hydrogen-bond acceptors (Lipinski definition) is 2. The SMILES string of the molecule is C1CCN2C[C@H]3CNC[C@H](C3)C2C1. The first kappa shape index (κ1) is 8.25. The summed E-state index contributed by atoms with van der Waals surface area (Å²) in [7, 11) is 0.